The molecule has 0 atom stereocenters. The largest absolute Gasteiger partial charge is 0.372 e. The lowest BCUT2D eigenvalue weighted by molar-refractivity contribution is -0.134. The monoisotopic (exact) mass is 388 g/mol. The summed E-state index contributed by atoms with van der Waals surface area (Å²) in [5.74, 6) is -0.170. The number of aromatic amines is 1. The van der Waals surface area contributed by atoms with Crippen molar-refractivity contribution in [1.29, 1.82) is 0 Å². The Labute approximate surface area is 162 Å². The molecule has 2 aromatic rings. The van der Waals surface area contributed by atoms with Gasteiger partial charge in [0.1, 0.15) is 5.69 Å². The van der Waals surface area contributed by atoms with Crippen LogP contribution in [-0.4, -0.2) is 64.1 Å². The van der Waals surface area contributed by atoms with E-state index in [1.54, 1.807) is 4.90 Å². The molecule has 0 bridgehead atoms. The van der Waals surface area contributed by atoms with Crippen LogP contribution in [0.2, 0.25) is 0 Å². The molecule has 7 nitrogen and oxygen atoms in total. The number of carbonyl (C=O) groups excluding carboxylic acids is 1. The fraction of sp³-hybridized carbons (Fsp3) is 0.526. The third-order valence-electron chi connectivity index (χ3n) is 5.35. The summed E-state index contributed by atoms with van der Waals surface area (Å²) in [6.07, 6.45) is 4.20. The zero-order valence-corrected chi connectivity index (χ0v) is 16.3. The fourth-order valence-corrected chi connectivity index (χ4v) is 4.86. The Morgan fingerprint density at radius 2 is 2.11 bits per heavy atom. The lowest BCUT2D eigenvalue weighted by Crippen LogP contribution is -2.57. The summed E-state index contributed by atoms with van der Waals surface area (Å²) in [6.45, 7) is 6.92. The van der Waals surface area contributed by atoms with Crippen LogP contribution in [-0.2, 0) is 11.3 Å². The Morgan fingerprint density at radius 3 is 2.81 bits per heavy atom. The number of hydrogen-bond donors (Lipinski definition) is 1. The Hall–Kier alpha value is -2.03. The molecule has 0 radical (unpaired) electrons. The van der Waals surface area contributed by atoms with Crippen LogP contribution in [0.25, 0.3) is 0 Å². The van der Waals surface area contributed by atoms with Gasteiger partial charge in [0, 0.05) is 42.5 Å². The van der Waals surface area contributed by atoms with Crippen molar-refractivity contribution in [2.24, 2.45) is 0 Å². The van der Waals surface area contributed by atoms with Crippen molar-refractivity contribution in [2.45, 2.75) is 31.9 Å². The maximum Gasteiger partial charge on any atom is 0.271 e. The van der Waals surface area contributed by atoms with Gasteiger partial charge in [0.05, 0.1) is 24.6 Å². The number of aromatic nitrogens is 2. The normalized spacial score (nSPS) is 20.1. The number of carbonyl (C=O) groups is 1. The van der Waals surface area contributed by atoms with Crippen LogP contribution < -0.4 is 5.56 Å². The van der Waals surface area contributed by atoms with Crippen molar-refractivity contribution in [2.75, 3.05) is 32.8 Å². The second-order valence-corrected chi connectivity index (χ2v) is 8.73. The highest BCUT2D eigenvalue weighted by Crippen LogP contribution is 2.31. The van der Waals surface area contributed by atoms with E-state index in [-0.39, 0.29) is 22.8 Å². The lowest BCUT2D eigenvalue weighted by atomic mass is 9.89. The number of piperidine rings is 1. The van der Waals surface area contributed by atoms with Crippen molar-refractivity contribution in [3.8, 4) is 0 Å². The predicted molar refractivity (Wildman–Crippen MR) is 103 cm³/mol. The zero-order chi connectivity index (χ0) is 18.9. The molecular formula is C19H24N4O3S. The maximum absolute atomic E-state index is 12.6. The second kappa shape index (κ2) is 7.53. The van der Waals surface area contributed by atoms with Crippen LogP contribution in [0.1, 0.15) is 33.1 Å². The maximum atomic E-state index is 12.6. The number of ether oxygens (including phenoxy) is 1. The predicted octanol–water partition coefficient (Wildman–Crippen LogP) is 1.65. The Kier molecular flexibility index (Phi) is 5.12. The minimum atomic E-state index is -0.357. The smallest absolute Gasteiger partial charge is 0.271 e. The zero-order valence-electron chi connectivity index (χ0n) is 15.4. The van der Waals surface area contributed by atoms with Crippen molar-refractivity contribution in [3.63, 3.8) is 0 Å². The van der Waals surface area contributed by atoms with Gasteiger partial charge in [-0.25, -0.2) is 0 Å². The first-order valence-corrected chi connectivity index (χ1v) is 10.1. The number of H-pyrrole nitrogens is 1. The molecule has 27 heavy (non-hydrogen) atoms. The van der Waals surface area contributed by atoms with Gasteiger partial charge in [-0.05, 0) is 31.9 Å². The summed E-state index contributed by atoms with van der Waals surface area (Å²) in [5, 5.41) is 0. The van der Waals surface area contributed by atoms with Crippen LogP contribution in [0.15, 0.2) is 29.3 Å². The molecule has 1 amide bonds. The van der Waals surface area contributed by atoms with Gasteiger partial charge in [-0.2, -0.15) is 0 Å². The molecule has 0 saturated carbocycles. The highest BCUT2D eigenvalue weighted by molar-refractivity contribution is 7.11. The van der Waals surface area contributed by atoms with Crippen LogP contribution in [0.3, 0.4) is 0 Å². The van der Waals surface area contributed by atoms with Gasteiger partial charge in [0.25, 0.3) is 11.5 Å². The standard InChI is InChI=1S/C19H24N4O3S/c1-14-2-3-15(27-14)12-22-8-9-26-19(13-22)4-6-23(7-5-19)18(25)16-10-20-11-17(24)21-16/h2-3,10-11H,4-9,12-13H2,1H3,(H,21,24). The SMILES string of the molecule is Cc1ccc(CN2CCOC3(CCN(C(=O)c4cncc(=O)[nH]4)CC3)C2)s1. The summed E-state index contributed by atoms with van der Waals surface area (Å²) in [7, 11) is 0. The van der Waals surface area contributed by atoms with E-state index >= 15 is 0 Å². The minimum absolute atomic E-state index is 0.170. The molecule has 2 saturated heterocycles. The molecule has 2 aromatic heterocycles. The van der Waals surface area contributed by atoms with Gasteiger partial charge in [-0.3, -0.25) is 19.5 Å². The molecule has 8 heteroatoms. The summed E-state index contributed by atoms with van der Waals surface area (Å²) in [5.41, 5.74) is -0.286. The quantitative estimate of drug-likeness (QED) is 0.865. The Bertz CT molecular complexity index is 870. The van der Waals surface area contributed by atoms with E-state index in [1.807, 2.05) is 11.3 Å². The van der Waals surface area contributed by atoms with E-state index in [4.69, 9.17) is 4.74 Å². The van der Waals surface area contributed by atoms with Crippen molar-refractivity contribution < 1.29 is 9.53 Å². The van der Waals surface area contributed by atoms with Gasteiger partial charge in [-0.1, -0.05) is 0 Å². The first-order chi connectivity index (χ1) is 13.0. The molecule has 4 rings (SSSR count). The fourth-order valence-electron chi connectivity index (χ4n) is 3.92. The van der Waals surface area contributed by atoms with E-state index in [0.717, 1.165) is 39.1 Å². The van der Waals surface area contributed by atoms with E-state index in [0.29, 0.717) is 13.1 Å². The summed E-state index contributed by atoms with van der Waals surface area (Å²) in [6, 6.07) is 4.38. The Morgan fingerprint density at radius 1 is 1.30 bits per heavy atom. The molecule has 4 heterocycles. The van der Waals surface area contributed by atoms with E-state index in [9.17, 15) is 9.59 Å². The second-order valence-electron chi connectivity index (χ2n) is 7.36. The first-order valence-electron chi connectivity index (χ1n) is 9.28. The van der Waals surface area contributed by atoms with Gasteiger partial charge in [-0.15, -0.1) is 11.3 Å². The van der Waals surface area contributed by atoms with Gasteiger partial charge in [0.15, 0.2) is 0 Å². The number of aryl methyl sites for hydroxylation is 1. The van der Waals surface area contributed by atoms with Crippen LogP contribution in [0, 0.1) is 6.92 Å². The number of amides is 1. The number of rotatable bonds is 3. The Balaban J connectivity index is 1.37. The van der Waals surface area contributed by atoms with E-state index < -0.39 is 0 Å². The van der Waals surface area contributed by atoms with Gasteiger partial charge < -0.3 is 14.6 Å². The third-order valence-corrected chi connectivity index (χ3v) is 6.33. The molecule has 144 valence electrons. The minimum Gasteiger partial charge on any atom is -0.372 e. The molecular weight excluding hydrogens is 364 g/mol. The topological polar surface area (TPSA) is 78.5 Å². The third kappa shape index (κ3) is 4.12. The molecule has 2 fully saturated rings. The number of nitrogens with one attached hydrogen (secondary N) is 1. The molecule has 0 aliphatic carbocycles. The van der Waals surface area contributed by atoms with Gasteiger partial charge in [0.2, 0.25) is 0 Å². The average molecular weight is 388 g/mol. The van der Waals surface area contributed by atoms with Crippen molar-refractivity contribution in [3.05, 3.63) is 50.3 Å². The summed E-state index contributed by atoms with van der Waals surface area (Å²) in [4.78, 5) is 37.3. The van der Waals surface area contributed by atoms with E-state index in [2.05, 4.69) is 33.9 Å². The number of hydrogen-bond acceptors (Lipinski definition) is 6. The van der Waals surface area contributed by atoms with Crippen molar-refractivity contribution in [1.82, 2.24) is 19.8 Å². The molecule has 2 aliphatic rings. The van der Waals surface area contributed by atoms with Crippen LogP contribution in [0.5, 0.6) is 0 Å². The molecule has 1 N–H and O–H groups in total. The lowest BCUT2D eigenvalue weighted by Gasteiger charge is -2.47. The van der Waals surface area contributed by atoms with Gasteiger partial charge >= 0.3 is 0 Å². The van der Waals surface area contributed by atoms with Crippen LogP contribution in [0.4, 0.5) is 0 Å². The molecule has 2 aliphatic heterocycles. The summed E-state index contributed by atoms with van der Waals surface area (Å²) >= 11 is 1.85. The molecule has 0 aromatic carbocycles. The highest BCUT2D eigenvalue weighted by Gasteiger charge is 2.40. The number of morpholine rings is 1. The van der Waals surface area contributed by atoms with Crippen LogP contribution >= 0.6 is 11.3 Å². The van der Waals surface area contributed by atoms with Crippen molar-refractivity contribution >= 4 is 17.2 Å². The number of nitrogens with zero attached hydrogens (tertiary/aromatic N) is 3. The van der Waals surface area contributed by atoms with E-state index in [1.165, 1.54) is 22.1 Å². The highest BCUT2D eigenvalue weighted by atomic mass is 32.1. The number of thiophene rings is 1. The summed E-state index contributed by atoms with van der Waals surface area (Å²) < 4.78 is 6.19. The number of likely N-dealkylation sites (tertiary alicyclic amines) is 1. The average Bonchev–Trinajstić information content (AvgIpc) is 3.07. The molecule has 1 spiro atoms. The molecule has 0 unspecified atom stereocenters. The first kappa shape index (κ1) is 18.3.